The SMILES string of the molecule is COc1ccccc1-c1cc(OCC2CN(C(=O)OC(C)(C)C)CC(=O)N2)n[nH]1. The molecule has 1 fully saturated rings. The predicted octanol–water partition coefficient (Wildman–Crippen LogP) is 2.20. The van der Waals surface area contributed by atoms with E-state index in [9.17, 15) is 9.59 Å². The minimum atomic E-state index is -0.624. The van der Waals surface area contributed by atoms with Gasteiger partial charge in [-0.1, -0.05) is 12.1 Å². The van der Waals surface area contributed by atoms with Crippen LogP contribution in [-0.4, -0.2) is 65.5 Å². The third-order valence-corrected chi connectivity index (χ3v) is 4.18. The molecule has 156 valence electrons. The fraction of sp³-hybridized carbons (Fsp3) is 0.450. The molecule has 1 aliphatic heterocycles. The molecule has 29 heavy (non-hydrogen) atoms. The highest BCUT2D eigenvalue weighted by Crippen LogP contribution is 2.29. The minimum Gasteiger partial charge on any atom is -0.496 e. The van der Waals surface area contributed by atoms with Gasteiger partial charge in [-0.2, -0.15) is 0 Å². The van der Waals surface area contributed by atoms with Crippen molar-refractivity contribution in [2.75, 3.05) is 26.8 Å². The average molecular weight is 402 g/mol. The lowest BCUT2D eigenvalue weighted by atomic mass is 10.1. The van der Waals surface area contributed by atoms with Gasteiger partial charge in [0.2, 0.25) is 11.8 Å². The van der Waals surface area contributed by atoms with Crippen LogP contribution in [0.25, 0.3) is 11.3 Å². The van der Waals surface area contributed by atoms with Gasteiger partial charge in [-0.25, -0.2) is 4.79 Å². The maximum atomic E-state index is 12.3. The Kier molecular flexibility index (Phi) is 5.95. The molecule has 1 unspecified atom stereocenters. The first-order chi connectivity index (χ1) is 13.7. The Balaban J connectivity index is 1.60. The van der Waals surface area contributed by atoms with Gasteiger partial charge in [0.25, 0.3) is 0 Å². The molecule has 2 heterocycles. The lowest BCUT2D eigenvalue weighted by Gasteiger charge is -2.33. The molecular formula is C20H26N4O5. The van der Waals surface area contributed by atoms with Crippen LogP contribution in [0, 0.1) is 0 Å². The van der Waals surface area contributed by atoms with Gasteiger partial charge in [-0.15, -0.1) is 5.10 Å². The summed E-state index contributed by atoms with van der Waals surface area (Å²) in [6, 6.07) is 8.96. The summed E-state index contributed by atoms with van der Waals surface area (Å²) in [6.07, 6.45) is -0.518. The topological polar surface area (TPSA) is 106 Å². The Labute approximate surface area is 169 Å². The summed E-state index contributed by atoms with van der Waals surface area (Å²) in [7, 11) is 1.61. The highest BCUT2D eigenvalue weighted by atomic mass is 16.6. The molecule has 0 saturated carbocycles. The van der Waals surface area contributed by atoms with Gasteiger partial charge in [-0.05, 0) is 32.9 Å². The van der Waals surface area contributed by atoms with Crippen molar-refractivity contribution < 1.29 is 23.8 Å². The van der Waals surface area contributed by atoms with Crippen LogP contribution in [0.15, 0.2) is 30.3 Å². The van der Waals surface area contributed by atoms with Crippen LogP contribution in [0.5, 0.6) is 11.6 Å². The van der Waals surface area contributed by atoms with Crippen LogP contribution in [0.2, 0.25) is 0 Å². The molecule has 0 bridgehead atoms. The van der Waals surface area contributed by atoms with Crippen molar-refractivity contribution in [1.29, 1.82) is 0 Å². The molecule has 2 amide bonds. The Morgan fingerprint density at radius 2 is 2.07 bits per heavy atom. The zero-order valence-electron chi connectivity index (χ0n) is 17.0. The number of para-hydroxylation sites is 1. The van der Waals surface area contributed by atoms with Crippen molar-refractivity contribution in [2.45, 2.75) is 32.4 Å². The molecule has 9 nitrogen and oxygen atoms in total. The smallest absolute Gasteiger partial charge is 0.410 e. The van der Waals surface area contributed by atoms with Crippen molar-refractivity contribution in [2.24, 2.45) is 0 Å². The fourth-order valence-corrected chi connectivity index (χ4v) is 2.95. The van der Waals surface area contributed by atoms with Crippen molar-refractivity contribution >= 4 is 12.0 Å². The summed E-state index contributed by atoms with van der Waals surface area (Å²) < 4.78 is 16.4. The Morgan fingerprint density at radius 1 is 1.31 bits per heavy atom. The molecule has 0 aliphatic carbocycles. The fourth-order valence-electron chi connectivity index (χ4n) is 2.95. The van der Waals surface area contributed by atoms with Gasteiger partial charge in [0.15, 0.2) is 0 Å². The number of ether oxygens (including phenoxy) is 3. The van der Waals surface area contributed by atoms with E-state index in [1.165, 1.54) is 4.90 Å². The summed E-state index contributed by atoms with van der Waals surface area (Å²) in [5, 5.41) is 9.89. The van der Waals surface area contributed by atoms with Crippen LogP contribution in [0.1, 0.15) is 20.8 Å². The molecule has 1 aromatic heterocycles. The number of carbonyl (C=O) groups excluding carboxylic acids is 2. The molecule has 1 atom stereocenters. The van der Waals surface area contributed by atoms with Crippen LogP contribution in [0.3, 0.4) is 0 Å². The lowest BCUT2D eigenvalue weighted by Crippen LogP contribution is -2.58. The number of aromatic amines is 1. The van der Waals surface area contributed by atoms with Crippen molar-refractivity contribution in [3.63, 3.8) is 0 Å². The molecule has 1 saturated heterocycles. The summed E-state index contributed by atoms with van der Waals surface area (Å²) >= 11 is 0. The van der Waals surface area contributed by atoms with E-state index in [1.807, 2.05) is 24.3 Å². The molecule has 3 rings (SSSR count). The number of benzene rings is 1. The quantitative estimate of drug-likeness (QED) is 0.794. The number of carbonyl (C=O) groups is 2. The standard InChI is InChI=1S/C20H26N4O5/c1-20(2,3)29-19(26)24-10-13(21-17(25)11-24)12-28-18-9-15(22-23-18)14-7-5-6-8-16(14)27-4/h5-9,13H,10-12H2,1-4H3,(H,21,25)(H,22,23). The first-order valence-corrected chi connectivity index (χ1v) is 9.34. The second kappa shape index (κ2) is 8.42. The third kappa shape index (κ3) is 5.40. The van der Waals surface area contributed by atoms with E-state index in [1.54, 1.807) is 33.9 Å². The zero-order chi connectivity index (χ0) is 21.0. The number of hydrogen-bond donors (Lipinski definition) is 2. The molecular weight excluding hydrogens is 376 g/mol. The van der Waals surface area contributed by atoms with Gasteiger partial charge in [0.1, 0.15) is 24.5 Å². The molecule has 0 radical (unpaired) electrons. The number of hydrogen-bond acceptors (Lipinski definition) is 6. The Hall–Kier alpha value is -3.23. The summed E-state index contributed by atoms with van der Waals surface area (Å²) in [5.41, 5.74) is 0.987. The number of rotatable bonds is 5. The number of nitrogens with zero attached hydrogens (tertiary/aromatic N) is 2. The molecule has 2 aromatic rings. The first-order valence-electron chi connectivity index (χ1n) is 9.34. The number of methoxy groups -OCH3 is 1. The zero-order valence-corrected chi connectivity index (χ0v) is 17.0. The Morgan fingerprint density at radius 3 is 2.79 bits per heavy atom. The second-order valence-electron chi connectivity index (χ2n) is 7.76. The first kappa shape index (κ1) is 20.5. The van der Waals surface area contributed by atoms with Crippen molar-refractivity contribution in [1.82, 2.24) is 20.4 Å². The second-order valence-corrected chi connectivity index (χ2v) is 7.76. The van der Waals surface area contributed by atoms with E-state index in [0.717, 1.165) is 17.0 Å². The van der Waals surface area contributed by atoms with Crippen molar-refractivity contribution in [3.8, 4) is 22.9 Å². The minimum absolute atomic E-state index is 0.0359. The highest BCUT2D eigenvalue weighted by molar-refractivity contribution is 5.83. The third-order valence-electron chi connectivity index (χ3n) is 4.18. The molecule has 0 spiro atoms. The van der Waals surface area contributed by atoms with Crippen LogP contribution < -0.4 is 14.8 Å². The van der Waals surface area contributed by atoms with Gasteiger partial charge >= 0.3 is 6.09 Å². The number of H-pyrrole nitrogens is 1. The van der Waals surface area contributed by atoms with E-state index >= 15 is 0 Å². The van der Waals surface area contributed by atoms with E-state index in [0.29, 0.717) is 12.4 Å². The predicted molar refractivity (Wildman–Crippen MR) is 106 cm³/mol. The van der Waals surface area contributed by atoms with Gasteiger partial charge < -0.3 is 19.5 Å². The summed E-state index contributed by atoms with van der Waals surface area (Å²) in [6.45, 7) is 5.78. The lowest BCUT2D eigenvalue weighted by molar-refractivity contribution is -0.125. The van der Waals surface area contributed by atoms with Crippen LogP contribution >= 0.6 is 0 Å². The summed E-state index contributed by atoms with van der Waals surface area (Å²) in [5.74, 6) is 0.845. The summed E-state index contributed by atoms with van der Waals surface area (Å²) in [4.78, 5) is 25.6. The molecule has 1 aromatic carbocycles. The molecule has 2 N–H and O–H groups in total. The van der Waals surface area contributed by atoms with E-state index in [4.69, 9.17) is 14.2 Å². The number of piperazine rings is 1. The largest absolute Gasteiger partial charge is 0.496 e. The van der Waals surface area contributed by atoms with Gasteiger partial charge in [-0.3, -0.25) is 14.8 Å². The van der Waals surface area contributed by atoms with Gasteiger partial charge in [0.05, 0.1) is 18.8 Å². The average Bonchev–Trinajstić information content (AvgIpc) is 3.13. The number of aromatic nitrogens is 2. The monoisotopic (exact) mass is 402 g/mol. The van der Waals surface area contributed by atoms with Crippen LogP contribution in [0.4, 0.5) is 4.79 Å². The molecule has 9 heteroatoms. The van der Waals surface area contributed by atoms with E-state index in [2.05, 4.69) is 15.5 Å². The molecule has 1 aliphatic rings. The highest BCUT2D eigenvalue weighted by Gasteiger charge is 2.31. The maximum absolute atomic E-state index is 12.3. The maximum Gasteiger partial charge on any atom is 0.410 e. The van der Waals surface area contributed by atoms with Crippen molar-refractivity contribution in [3.05, 3.63) is 30.3 Å². The van der Waals surface area contributed by atoms with Gasteiger partial charge in [0, 0.05) is 18.2 Å². The van der Waals surface area contributed by atoms with E-state index < -0.39 is 11.7 Å². The van der Waals surface area contributed by atoms with E-state index in [-0.39, 0.29) is 25.1 Å². The number of nitrogens with one attached hydrogen (secondary N) is 2. The number of amides is 2. The Bertz CT molecular complexity index is 874. The van der Waals surface area contributed by atoms with Crippen LogP contribution in [-0.2, 0) is 9.53 Å². The normalized spacial score (nSPS) is 16.9.